The van der Waals surface area contributed by atoms with Crippen molar-refractivity contribution in [3.63, 3.8) is 0 Å². The fraction of sp³-hybridized carbons (Fsp3) is 0. The molecule has 0 radical (unpaired) electrons. The molecule has 0 N–H and O–H groups in total. The van der Waals surface area contributed by atoms with Crippen LogP contribution in [0.15, 0.2) is 174 Å². The Hall–Kier alpha value is -7.86. The molecule has 3 heterocycles. The highest BCUT2D eigenvalue weighted by Crippen LogP contribution is 2.42. The molecule has 55 heavy (non-hydrogen) atoms. The van der Waals surface area contributed by atoms with E-state index < -0.39 is 0 Å². The minimum absolute atomic E-state index is 0.570. The second-order valence-electron chi connectivity index (χ2n) is 14.0. The Morgan fingerprint density at radius 2 is 1.02 bits per heavy atom. The van der Waals surface area contributed by atoms with Crippen LogP contribution in [0.2, 0.25) is 0 Å². The van der Waals surface area contributed by atoms with Crippen molar-refractivity contribution in [3.05, 3.63) is 181 Å². The first kappa shape index (κ1) is 30.7. The minimum Gasteiger partial charge on any atom is -0.455 e. The summed E-state index contributed by atoms with van der Waals surface area (Å²) in [5.41, 5.74) is 13.1. The monoisotopic (exact) mass is 700 g/mol. The van der Waals surface area contributed by atoms with Crippen LogP contribution in [0.5, 0.6) is 0 Å². The molecule has 0 saturated carbocycles. The molecule has 254 valence electrons. The van der Waals surface area contributed by atoms with Gasteiger partial charge < -0.3 is 13.6 Å². The van der Waals surface area contributed by atoms with Crippen molar-refractivity contribution in [1.29, 1.82) is 10.5 Å². The molecule has 11 aromatic rings. The summed E-state index contributed by atoms with van der Waals surface area (Å²) < 4.78 is 11.1. The number of hydrogen-bond donors (Lipinski definition) is 0. The Morgan fingerprint density at radius 3 is 1.75 bits per heavy atom. The van der Waals surface area contributed by atoms with Crippen LogP contribution in [0, 0.1) is 22.7 Å². The first-order valence-electron chi connectivity index (χ1n) is 18.2. The third-order valence-corrected chi connectivity index (χ3v) is 10.9. The molecule has 11 rings (SSSR count). The van der Waals surface area contributed by atoms with Crippen LogP contribution < -0.4 is 0 Å². The van der Waals surface area contributed by atoms with Crippen LogP contribution >= 0.6 is 0 Å². The third-order valence-electron chi connectivity index (χ3n) is 10.9. The SMILES string of the molecule is N#Cc1cc(-c2ccccc2-c2cccc(-n3c4ccccc4c4ccccc43)c2)cc(-n2c3ccccc3c3c4oc5ccc(C#N)cc5c4ccc32)c1. The lowest BCUT2D eigenvalue weighted by molar-refractivity contribution is 0.673. The zero-order valence-electron chi connectivity index (χ0n) is 29.4. The molecule has 0 fully saturated rings. The number of fused-ring (bicyclic) bond motifs is 10. The van der Waals surface area contributed by atoms with Crippen LogP contribution in [0.1, 0.15) is 11.1 Å². The van der Waals surface area contributed by atoms with E-state index in [9.17, 15) is 10.5 Å². The van der Waals surface area contributed by atoms with Crippen molar-refractivity contribution in [3.8, 4) is 45.8 Å². The Kier molecular flexibility index (Phi) is 6.61. The molecule has 0 atom stereocenters. The van der Waals surface area contributed by atoms with Crippen molar-refractivity contribution < 1.29 is 4.42 Å². The zero-order valence-corrected chi connectivity index (χ0v) is 29.4. The number of benzene rings is 8. The number of furan rings is 1. The molecule has 3 aromatic heterocycles. The standard InChI is InChI=1S/C50H28N4O/c51-29-31-20-23-48-43(26-31)41-21-22-47-49(50(41)55-48)42-16-5-8-19-46(42)54(47)36-25-32(30-52)24-34(28-36)38-13-2-1-12-37(38)33-10-9-11-35(27-33)53-44-17-6-3-14-39(44)40-15-4-7-18-45(40)53/h1-28H. The summed E-state index contributed by atoms with van der Waals surface area (Å²) in [4.78, 5) is 0. The quantitative estimate of drug-likeness (QED) is 0.183. The van der Waals surface area contributed by atoms with E-state index >= 15 is 0 Å². The van der Waals surface area contributed by atoms with Gasteiger partial charge in [-0.15, -0.1) is 0 Å². The molecule has 8 aromatic carbocycles. The second-order valence-corrected chi connectivity index (χ2v) is 14.0. The Morgan fingerprint density at radius 1 is 0.400 bits per heavy atom. The molecule has 0 aliphatic carbocycles. The number of para-hydroxylation sites is 3. The summed E-state index contributed by atoms with van der Waals surface area (Å²) >= 11 is 0. The van der Waals surface area contributed by atoms with Gasteiger partial charge in [0.1, 0.15) is 11.2 Å². The lowest BCUT2D eigenvalue weighted by Gasteiger charge is -2.15. The molecule has 0 unspecified atom stereocenters. The maximum absolute atomic E-state index is 10.4. The molecule has 5 heteroatoms. The summed E-state index contributed by atoms with van der Waals surface area (Å²) in [5, 5.41) is 26.4. The van der Waals surface area contributed by atoms with E-state index in [0.29, 0.717) is 11.1 Å². The maximum Gasteiger partial charge on any atom is 0.145 e. The van der Waals surface area contributed by atoms with Gasteiger partial charge in [0, 0.05) is 38.3 Å². The largest absolute Gasteiger partial charge is 0.455 e. The Balaban J connectivity index is 1.11. The molecule has 0 spiro atoms. The number of aromatic nitrogens is 2. The first-order valence-corrected chi connectivity index (χ1v) is 18.2. The maximum atomic E-state index is 10.4. The molecule has 0 bridgehead atoms. The van der Waals surface area contributed by atoms with E-state index in [1.54, 1.807) is 6.07 Å². The van der Waals surface area contributed by atoms with Gasteiger partial charge in [0.2, 0.25) is 0 Å². The average Bonchev–Trinajstić information content (AvgIpc) is 3.91. The van der Waals surface area contributed by atoms with Crippen molar-refractivity contribution in [2.24, 2.45) is 0 Å². The molecule has 5 nitrogen and oxygen atoms in total. The van der Waals surface area contributed by atoms with E-state index in [1.807, 2.05) is 36.4 Å². The van der Waals surface area contributed by atoms with E-state index in [2.05, 4.69) is 149 Å². The van der Waals surface area contributed by atoms with Gasteiger partial charge in [-0.3, -0.25) is 0 Å². The van der Waals surface area contributed by atoms with Gasteiger partial charge in [0.25, 0.3) is 0 Å². The lowest BCUT2D eigenvalue weighted by Crippen LogP contribution is -1.97. The minimum atomic E-state index is 0.570. The van der Waals surface area contributed by atoms with Gasteiger partial charge in [0.15, 0.2) is 0 Å². The number of hydrogen-bond acceptors (Lipinski definition) is 3. The fourth-order valence-electron chi connectivity index (χ4n) is 8.59. The molecule has 0 aliphatic rings. The van der Waals surface area contributed by atoms with Crippen LogP contribution in [-0.2, 0) is 0 Å². The third kappa shape index (κ3) is 4.58. The number of nitriles is 2. The highest BCUT2D eigenvalue weighted by Gasteiger charge is 2.20. The molecule has 0 amide bonds. The normalized spacial score (nSPS) is 11.6. The predicted molar refractivity (Wildman–Crippen MR) is 223 cm³/mol. The molecule has 0 saturated heterocycles. The summed E-state index contributed by atoms with van der Waals surface area (Å²) in [5.74, 6) is 0. The van der Waals surface area contributed by atoms with Gasteiger partial charge in [-0.2, -0.15) is 10.5 Å². The Labute approximate surface area is 315 Å². The summed E-state index contributed by atoms with van der Waals surface area (Å²) in [6.45, 7) is 0. The van der Waals surface area contributed by atoms with Crippen LogP contribution in [0.3, 0.4) is 0 Å². The first-order chi connectivity index (χ1) is 27.2. The van der Waals surface area contributed by atoms with Gasteiger partial charge in [-0.05, 0) is 101 Å². The average molecular weight is 701 g/mol. The van der Waals surface area contributed by atoms with Crippen LogP contribution in [-0.4, -0.2) is 9.13 Å². The zero-order chi connectivity index (χ0) is 36.6. The van der Waals surface area contributed by atoms with E-state index in [-0.39, 0.29) is 0 Å². The summed E-state index contributed by atoms with van der Waals surface area (Å²) in [6.07, 6.45) is 0. The highest BCUT2D eigenvalue weighted by atomic mass is 16.3. The van der Waals surface area contributed by atoms with Crippen molar-refractivity contribution >= 4 is 65.6 Å². The van der Waals surface area contributed by atoms with E-state index in [0.717, 1.165) is 77.4 Å². The lowest BCUT2D eigenvalue weighted by atomic mass is 9.93. The summed E-state index contributed by atoms with van der Waals surface area (Å²) in [7, 11) is 0. The van der Waals surface area contributed by atoms with Crippen molar-refractivity contribution in [2.75, 3.05) is 0 Å². The number of rotatable bonds is 4. The topological polar surface area (TPSA) is 70.6 Å². The number of nitrogens with zero attached hydrogens (tertiary/aromatic N) is 4. The van der Waals surface area contributed by atoms with Crippen LogP contribution in [0.4, 0.5) is 0 Å². The highest BCUT2D eigenvalue weighted by molar-refractivity contribution is 6.24. The van der Waals surface area contributed by atoms with Gasteiger partial charge in [-0.25, -0.2) is 0 Å². The second kappa shape index (κ2) is 11.8. The molecular weight excluding hydrogens is 673 g/mol. The van der Waals surface area contributed by atoms with Gasteiger partial charge in [-0.1, -0.05) is 91.0 Å². The van der Waals surface area contributed by atoms with Crippen LogP contribution in [0.25, 0.3) is 99.2 Å². The van der Waals surface area contributed by atoms with Crippen molar-refractivity contribution in [2.45, 2.75) is 0 Å². The molecule has 0 aliphatic heterocycles. The van der Waals surface area contributed by atoms with Gasteiger partial charge >= 0.3 is 0 Å². The predicted octanol–water partition coefficient (Wildman–Crippen LogP) is 12.9. The van der Waals surface area contributed by atoms with Crippen molar-refractivity contribution in [1.82, 2.24) is 9.13 Å². The van der Waals surface area contributed by atoms with E-state index in [1.165, 1.54) is 21.8 Å². The smallest absolute Gasteiger partial charge is 0.145 e. The summed E-state index contributed by atoms with van der Waals surface area (Å²) in [6, 6.07) is 63.2. The van der Waals surface area contributed by atoms with E-state index in [4.69, 9.17) is 4.42 Å². The Bertz CT molecular complexity index is 3420. The van der Waals surface area contributed by atoms with Gasteiger partial charge in [0.05, 0.1) is 50.7 Å². The molecular formula is C50H28N4O. The fourth-order valence-corrected chi connectivity index (χ4v) is 8.59.